The highest BCUT2D eigenvalue weighted by Gasteiger charge is 2.45. The molecule has 180 valence electrons. The third-order valence-corrected chi connectivity index (χ3v) is 6.52. The van der Waals surface area contributed by atoms with E-state index in [1.165, 1.54) is 12.3 Å². The van der Waals surface area contributed by atoms with Crippen LogP contribution in [0.25, 0.3) is 11.2 Å². The van der Waals surface area contributed by atoms with E-state index in [4.69, 9.17) is 5.73 Å². The lowest BCUT2D eigenvalue weighted by Crippen LogP contribution is -2.44. The number of carbonyl (C=O) groups excluding carboxylic acids is 1. The minimum Gasteiger partial charge on any atom is -0.369 e. The first-order chi connectivity index (χ1) is 16.2. The molecule has 2 aliphatic rings. The van der Waals surface area contributed by atoms with Gasteiger partial charge < -0.3 is 16.4 Å². The number of amides is 1. The predicted octanol–water partition coefficient (Wildman–Crippen LogP) is 4.27. The molecule has 0 aliphatic heterocycles. The average molecular weight is 477 g/mol. The standard InChI is InChI=1S/C22H23F4N7O/c23-14-2-1-3-15(24)17(14)31-21-30-16-10-28-20(29-12-8-22(25,26)9-12)32-19(16)33(21)13-6-4-11(5-7-13)18(27)34/h1-3,10-13H,4-9H2,(H2,27,34)(H,30,31)(H,28,29,32)/t11-,13+. The van der Waals surface area contributed by atoms with Gasteiger partial charge >= 0.3 is 0 Å². The van der Waals surface area contributed by atoms with Crippen molar-refractivity contribution < 1.29 is 22.4 Å². The van der Waals surface area contributed by atoms with Crippen molar-refractivity contribution in [2.24, 2.45) is 11.7 Å². The lowest BCUT2D eigenvalue weighted by molar-refractivity contribution is -0.122. The summed E-state index contributed by atoms with van der Waals surface area (Å²) in [7, 11) is 0. The number of para-hydroxylation sites is 1. The predicted molar refractivity (Wildman–Crippen MR) is 117 cm³/mol. The third kappa shape index (κ3) is 4.24. The highest BCUT2D eigenvalue weighted by molar-refractivity contribution is 5.78. The second-order valence-corrected chi connectivity index (χ2v) is 8.94. The minimum absolute atomic E-state index is 0.170. The smallest absolute Gasteiger partial charge is 0.252 e. The van der Waals surface area contributed by atoms with Crippen LogP contribution >= 0.6 is 0 Å². The monoisotopic (exact) mass is 477 g/mol. The number of alkyl halides is 2. The Bertz CT molecular complexity index is 1210. The number of fused-ring (bicyclic) bond motifs is 1. The minimum atomic E-state index is -2.69. The number of hydrogen-bond acceptors (Lipinski definition) is 6. The second-order valence-electron chi connectivity index (χ2n) is 8.94. The van der Waals surface area contributed by atoms with E-state index in [0.29, 0.717) is 36.8 Å². The fraction of sp³-hybridized carbons (Fsp3) is 0.455. The molecule has 2 aromatic heterocycles. The highest BCUT2D eigenvalue weighted by atomic mass is 19.3. The second kappa shape index (κ2) is 8.41. The maximum atomic E-state index is 14.3. The van der Waals surface area contributed by atoms with E-state index in [0.717, 1.165) is 12.1 Å². The first kappa shape index (κ1) is 22.4. The van der Waals surface area contributed by atoms with E-state index in [-0.39, 0.29) is 48.3 Å². The summed E-state index contributed by atoms with van der Waals surface area (Å²) in [6.07, 6.45) is 3.11. The molecule has 5 rings (SSSR count). The quantitative estimate of drug-likeness (QED) is 0.457. The molecule has 8 nitrogen and oxygen atoms in total. The molecular formula is C22H23F4N7O. The Balaban J connectivity index is 1.51. The van der Waals surface area contributed by atoms with Gasteiger partial charge in [0.1, 0.15) is 22.8 Å². The van der Waals surface area contributed by atoms with Gasteiger partial charge in [0.25, 0.3) is 5.92 Å². The van der Waals surface area contributed by atoms with E-state index >= 15 is 0 Å². The van der Waals surface area contributed by atoms with Gasteiger partial charge in [0.15, 0.2) is 5.65 Å². The van der Waals surface area contributed by atoms with Crippen LogP contribution in [-0.4, -0.2) is 37.4 Å². The Hall–Kier alpha value is -3.44. The van der Waals surface area contributed by atoms with Crippen LogP contribution in [0.5, 0.6) is 0 Å². The lowest BCUT2D eigenvalue weighted by atomic mass is 9.85. The number of halogens is 4. The van der Waals surface area contributed by atoms with Gasteiger partial charge in [0.05, 0.1) is 6.20 Å². The first-order valence-electron chi connectivity index (χ1n) is 11.1. The molecule has 3 aromatic rings. The number of nitrogens with one attached hydrogen (secondary N) is 2. The molecule has 2 saturated carbocycles. The summed E-state index contributed by atoms with van der Waals surface area (Å²) in [5.41, 5.74) is 5.87. The summed E-state index contributed by atoms with van der Waals surface area (Å²) in [5.74, 6) is -4.51. The van der Waals surface area contributed by atoms with Gasteiger partial charge in [-0.2, -0.15) is 4.98 Å². The summed E-state index contributed by atoms with van der Waals surface area (Å²) >= 11 is 0. The summed E-state index contributed by atoms with van der Waals surface area (Å²) in [6, 6.07) is 2.91. The molecule has 2 heterocycles. The van der Waals surface area contributed by atoms with Crippen LogP contribution in [0.4, 0.5) is 35.1 Å². The molecule has 0 saturated heterocycles. The van der Waals surface area contributed by atoms with Gasteiger partial charge in [0, 0.05) is 30.8 Å². The molecule has 0 unspecified atom stereocenters. The fourth-order valence-electron chi connectivity index (χ4n) is 4.69. The summed E-state index contributed by atoms with van der Waals surface area (Å²) < 4.78 is 56.8. The van der Waals surface area contributed by atoms with Crippen molar-refractivity contribution in [1.29, 1.82) is 0 Å². The number of rotatable bonds is 6. The van der Waals surface area contributed by atoms with E-state index in [1.54, 1.807) is 4.57 Å². The molecule has 34 heavy (non-hydrogen) atoms. The van der Waals surface area contributed by atoms with Crippen LogP contribution in [0, 0.1) is 17.6 Å². The zero-order chi connectivity index (χ0) is 24.0. The largest absolute Gasteiger partial charge is 0.369 e. The Kier molecular flexibility index (Phi) is 5.53. The Morgan fingerprint density at radius 1 is 1.09 bits per heavy atom. The number of aromatic nitrogens is 4. The Morgan fingerprint density at radius 2 is 1.76 bits per heavy atom. The van der Waals surface area contributed by atoms with Crippen molar-refractivity contribution in [3.63, 3.8) is 0 Å². The summed E-state index contributed by atoms with van der Waals surface area (Å²) in [4.78, 5) is 24.7. The Morgan fingerprint density at radius 3 is 2.38 bits per heavy atom. The summed E-state index contributed by atoms with van der Waals surface area (Å²) in [6.45, 7) is 0. The average Bonchev–Trinajstić information content (AvgIpc) is 3.12. The van der Waals surface area contributed by atoms with Crippen LogP contribution in [0.3, 0.4) is 0 Å². The molecule has 0 radical (unpaired) electrons. The molecule has 1 amide bonds. The number of nitrogens with two attached hydrogens (primary N) is 1. The number of benzene rings is 1. The van der Waals surface area contributed by atoms with Crippen molar-refractivity contribution in [1.82, 2.24) is 19.5 Å². The van der Waals surface area contributed by atoms with Crippen LogP contribution < -0.4 is 16.4 Å². The number of anilines is 3. The fourth-order valence-corrected chi connectivity index (χ4v) is 4.69. The molecule has 0 atom stereocenters. The van der Waals surface area contributed by atoms with Gasteiger partial charge in [0.2, 0.25) is 17.8 Å². The van der Waals surface area contributed by atoms with E-state index in [1.807, 2.05) is 0 Å². The molecular weight excluding hydrogens is 454 g/mol. The zero-order valence-corrected chi connectivity index (χ0v) is 18.1. The van der Waals surface area contributed by atoms with Crippen LogP contribution in [-0.2, 0) is 4.79 Å². The summed E-state index contributed by atoms with van der Waals surface area (Å²) in [5, 5.41) is 5.66. The topological polar surface area (TPSA) is 111 Å². The highest BCUT2D eigenvalue weighted by Crippen LogP contribution is 2.40. The molecule has 1 aromatic carbocycles. The van der Waals surface area contributed by atoms with Crippen LogP contribution in [0.2, 0.25) is 0 Å². The normalized spacial score (nSPS) is 22.4. The van der Waals surface area contributed by atoms with Crippen molar-refractivity contribution in [3.05, 3.63) is 36.0 Å². The molecule has 0 spiro atoms. The van der Waals surface area contributed by atoms with Gasteiger partial charge in [-0.25, -0.2) is 27.5 Å². The van der Waals surface area contributed by atoms with Crippen LogP contribution in [0.1, 0.15) is 44.6 Å². The molecule has 12 heteroatoms. The van der Waals surface area contributed by atoms with E-state index < -0.39 is 23.6 Å². The number of hydrogen-bond donors (Lipinski definition) is 3. The number of imidazole rings is 1. The molecule has 4 N–H and O–H groups in total. The number of carbonyl (C=O) groups is 1. The number of primary amides is 1. The number of nitrogens with zero attached hydrogens (tertiary/aromatic N) is 4. The molecule has 2 aliphatic carbocycles. The molecule has 0 bridgehead atoms. The van der Waals surface area contributed by atoms with Crippen molar-refractivity contribution >= 4 is 34.7 Å². The lowest BCUT2D eigenvalue weighted by Gasteiger charge is -2.35. The van der Waals surface area contributed by atoms with E-state index in [9.17, 15) is 22.4 Å². The first-order valence-corrected chi connectivity index (χ1v) is 11.1. The van der Waals surface area contributed by atoms with Gasteiger partial charge in [-0.15, -0.1) is 0 Å². The van der Waals surface area contributed by atoms with E-state index in [2.05, 4.69) is 25.6 Å². The third-order valence-electron chi connectivity index (χ3n) is 6.52. The maximum absolute atomic E-state index is 14.3. The zero-order valence-electron chi connectivity index (χ0n) is 18.1. The van der Waals surface area contributed by atoms with Gasteiger partial charge in [-0.3, -0.25) is 9.36 Å². The van der Waals surface area contributed by atoms with Crippen molar-refractivity contribution in [2.75, 3.05) is 10.6 Å². The van der Waals surface area contributed by atoms with Gasteiger partial charge in [-0.05, 0) is 37.8 Å². The van der Waals surface area contributed by atoms with Crippen molar-refractivity contribution in [2.45, 2.75) is 56.5 Å². The van der Waals surface area contributed by atoms with Gasteiger partial charge in [-0.1, -0.05) is 6.07 Å². The van der Waals surface area contributed by atoms with Crippen LogP contribution in [0.15, 0.2) is 24.4 Å². The molecule has 2 fully saturated rings. The maximum Gasteiger partial charge on any atom is 0.252 e. The Labute approximate surface area is 192 Å². The van der Waals surface area contributed by atoms with Crippen molar-refractivity contribution in [3.8, 4) is 0 Å². The SMILES string of the molecule is NC(=O)[C@H]1CC[C@@H](n2c(Nc3c(F)cccc3F)nc3cnc(NC4CC(F)(F)C4)nc32)CC1.